The molecule has 8 nitrogen and oxygen atoms in total. The molecular weight excluding hydrogens is 489 g/mol. The van der Waals surface area contributed by atoms with Crippen molar-refractivity contribution in [1.29, 1.82) is 0 Å². The zero-order valence-corrected chi connectivity index (χ0v) is 21.2. The number of β-amino-alcohol motifs (C(OH)–C–C–N with tert-alkyl or cyclic N) is 1. The van der Waals surface area contributed by atoms with Gasteiger partial charge in [-0.05, 0) is 50.3 Å². The lowest BCUT2D eigenvalue weighted by Gasteiger charge is -2.47. The molecule has 0 bridgehead atoms. The number of anilines is 1. The monoisotopic (exact) mass is 519 g/mol. The molecule has 2 aliphatic rings. The summed E-state index contributed by atoms with van der Waals surface area (Å²) in [5.41, 5.74) is 2.57. The number of piperidine rings is 1. The van der Waals surface area contributed by atoms with Gasteiger partial charge in [0.1, 0.15) is 12.4 Å². The molecule has 2 fully saturated rings. The van der Waals surface area contributed by atoms with Crippen LogP contribution in [0.1, 0.15) is 31.4 Å². The minimum atomic E-state index is -0.662. The van der Waals surface area contributed by atoms with Crippen LogP contribution in [0, 0.1) is 11.8 Å². The van der Waals surface area contributed by atoms with Gasteiger partial charge in [-0.2, -0.15) is 5.10 Å². The molecular formula is C25H31Cl2N5O3. The third-order valence-electron chi connectivity index (χ3n) is 7.19. The van der Waals surface area contributed by atoms with Gasteiger partial charge in [-0.1, -0.05) is 29.3 Å². The van der Waals surface area contributed by atoms with Crippen LogP contribution in [0.15, 0.2) is 36.8 Å². The van der Waals surface area contributed by atoms with Crippen molar-refractivity contribution in [3.63, 3.8) is 0 Å². The van der Waals surface area contributed by atoms with Crippen molar-refractivity contribution >= 4 is 34.5 Å². The van der Waals surface area contributed by atoms with Crippen molar-refractivity contribution < 1.29 is 14.9 Å². The largest absolute Gasteiger partial charge is 0.482 e. The average molecular weight is 520 g/mol. The first-order chi connectivity index (χ1) is 16.9. The summed E-state index contributed by atoms with van der Waals surface area (Å²) in [6.07, 6.45) is 4.91. The lowest BCUT2D eigenvalue weighted by atomic mass is 9.80. The summed E-state index contributed by atoms with van der Waals surface area (Å²) in [5, 5.41) is 24.5. The van der Waals surface area contributed by atoms with Gasteiger partial charge in [-0.3, -0.25) is 0 Å². The molecule has 0 aliphatic carbocycles. The molecule has 2 saturated heterocycles. The van der Waals surface area contributed by atoms with Crippen LogP contribution in [0.2, 0.25) is 10.0 Å². The Morgan fingerprint density at radius 2 is 2.00 bits per heavy atom. The lowest BCUT2D eigenvalue weighted by Crippen LogP contribution is -2.54. The Labute approximate surface area is 215 Å². The van der Waals surface area contributed by atoms with E-state index < -0.39 is 6.10 Å². The quantitative estimate of drug-likeness (QED) is 0.469. The minimum Gasteiger partial charge on any atom is -0.482 e. The molecule has 3 atom stereocenters. The molecule has 5 rings (SSSR count). The fourth-order valence-electron chi connectivity index (χ4n) is 5.25. The zero-order valence-electron chi connectivity index (χ0n) is 19.7. The van der Waals surface area contributed by atoms with Gasteiger partial charge < -0.3 is 24.7 Å². The zero-order chi connectivity index (χ0) is 24.5. The summed E-state index contributed by atoms with van der Waals surface area (Å²) < 4.78 is 8.09. The number of fused-ring (bicyclic) bond motifs is 1. The Bertz CT molecular complexity index is 1170. The van der Waals surface area contributed by atoms with Gasteiger partial charge in [0.25, 0.3) is 0 Å². The number of aliphatic hydroxyl groups is 2. The maximum Gasteiger partial charge on any atom is 0.197 e. The molecule has 0 spiro atoms. The number of hydrogen-bond acceptors (Lipinski definition) is 7. The van der Waals surface area contributed by atoms with Crippen LogP contribution in [0.3, 0.4) is 0 Å². The van der Waals surface area contributed by atoms with Crippen molar-refractivity contribution in [3.8, 4) is 5.75 Å². The molecule has 3 aromatic rings. The first-order valence-electron chi connectivity index (χ1n) is 12.1. The van der Waals surface area contributed by atoms with Crippen molar-refractivity contribution in [2.24, 2.45) is 11.8 Å². The van der Waals surface area contributed by atoms with Gasteiger partial charge in [0, 0.05) is 47.9 Å². The Kier molecular flexibility index (Phi) is 7.37. The van der Waals surface area contributed by atoms with Crippen LogP contribution in [-0.4, -0.2) is 75.1 Å². The highest BCUT2D eigenvalue weighted by atomic mass is 35.5. The van der Waals surface area contributed by atoms with Gasteiger partial charge in [-0.15, -0.1) is 0 Å². The summed E-state index contributed by atoms with van der Waals surface area (Å²) >= 11 is 12.5. The van der Waals surface area contributed by atoms with Crippen molar-refractivity contribution in [2.75, 3.05) is 44.2 Å². The van der Waals surface area contributed by atoms with E-state index in [-0.39, 0.29) is 12.7 Å². The second-order valence-electron chi connectivity index (χ2n) is 9.68. The van der Waals surface area contributed by atoms with E-state index >= 15 is 0 Å². The maximum absolute atomic E-state index is 9.82. The van der Waals surface area contributed by atoms with Gasteiger partial charge in [-0.25, -0.2) is 9.50 Å². The molecule has 0 amide bonds. The second kappa shape index (κ2) is 10.5. The first-order valence-corrected chi connectivity index (χ1v) is 12.9. The Morgan fingerprint density at radius 3 is 2.77 bits per heavy atom. The normalized spacial score (nSPS) is 21.2. The summed E-state index contributed by atoms with van der Waals surface area (Å²) in [4.78, 5) is 9.02. The Morgan fingerprint density at radius 1 is 1.17 bits per heavy atom. The first kappa shape index (κ1) is 24.6. The number of halogens is 2. The highest BCUT2D eigenvalue weighted by Crippen LogP contribution is 2.37. The molecule has 0 unspecified atom stereocenters. The maximum atomic E-state index is 9.82. The molecule has 4 heterocycles. The Balaban J connectivity index is 1.27. The molecule has 0 radical (unpaired) electrons. The number of hydrogen-bond donors (Lipinski definition) is 2. The van der Waals surface area contributed by atoms with E-state index in [0.717, 1.165) is 43.9 Å². The lowest BCUT2D eigenvalue weighted by molar-refractivity contribution is 0.0348. The highest BCUT2D eigenvalue weighted by molar-refractivity contribution is 6.35. The third kappa shape index (κ3) is 5.37. The number of aromatic nitrogens is 3. The van der Waals surface area contributed by atoms with E-state index in [1.807, 2.05) is 31.3 Å². The molecule has 188 valence electrons. The number of nitrogens with zero attached hydrogens (tertiary/aromatic N) is 5. The number of benzene rings is 1. The number of pyridine rings is 1. The van der Waals surface area contributed by atoms with E-state index in [4.69, 9.17) is 33.0 Å². The summed E-state index contributed by atoms with van der Waals surface area (Å²) in [6.45, 7) is 6.23. The highest BCUT2D eigenvalue weighted by Gasteiger charge is 2.36. The average Bonchev–Trinajstić information content (AvgIpc) is 3.27. The van der Waals surface area contributed by atoms with Crippen LogP contribution in [-0.2, 0) is 0 Å². The van der Waals surface area contributed by atoms with Crippen molar-refractivity contribution in [1.82, 2.24) is 19.5 Å². The van der Waals surface area contributed by atoms with Crippen LogP contribution in [0.4, 0.5) is 5.69 Å². The number of aliphatic hydroxyl groups excluding tert-OH is 2. The molecule has 10 heteroatoms. The molecule has 1 aromatic carbocycles. The summed E-state index contributed by atoms with van der Waals surface area (Å²) in [5.74, 6) is 1.86. The SMILES string of the molecule is C[C@@H](Oc1cc(N2CC([C@H]3CCCN(C[C@H](O)CO)C3)C2)cn2ncnc12)c1ccc(Cl)cc1Cl. The second-order valence-corrected chi connectivity index (χ2v) is 10.5. The van der Waals surface area contributed by atoms with Crippen molar-refractivity contribution in [2.45, 2.75) is 32.0 Å². The summed E-state index contributed by atoms with van der Waals surface area (Å²) in [7, 11) is 0. The fourth-order valence-corrected chi connectivity index (χ4v) is 5.81. The van der Waals surface area contributed by atoms with Crippen LogP contribution >= 0.6 is 23.2 Å². The van der Waals surface area contributed by atoms with Gasteiger partial charge >= 0.3 is 0 Å². The van der Waals surface area contributed by atoms with Crippen molar-refractivity contribution in [3.05, 3.63) is 52.4 Å². The van der Waals surface area contributed by atoms with E-state index in [1.165, 1.54) is 12.7 Å². The van der Waals surface area contributed by atoms with Gasteiger partial charge in [0.15, 0.2) is 11.4 Å². The predicted molar refractivity (Wildman–Crippen MR) is 136 cm³/mol. The third-order valence-corrected chi connectivity index (χ3v) is 7.76. The van der Waals surface area contributed by atoms with E-state index in [9.17, 15) is 5.11 Å². The van der Waals surface area contributed by atoms with E-state index in [1.54, 1.807) is 10.6 Å². The van der Waals surface area contributed by atoms with Crippen LogP contribution < -0.4 is 9.64 Å². The minimum absolute atomic E-state index is 0.184. The fraction of sp³-hybridized carbons (Fsp3) is 0.520. The molecule has 2 aliphatic heterocycles. The van der Waals surface area contributed by atoms with Crippen LogP contribution in [0.25, 0.3) is 5.65 Å². The standard InChI is InChI=1S/C25H31Cl2N5O3/c1-16(22-5-4-19(26)7-23(22)27)35-24-8-20(12-32-25(24)28-15-29-32)31-10-18(11-31)17-3-2-6-30(9-17)13-21(34)14-33/h4-5,7-8,12,15-18,21,33-34H,2-3,6,9-11,13-14H2,1H3/t16-,17+,21+/m1/s1. The molecule has 2 N–H and O–H groups in total. The number of ether oxygens (including phenoxy) is 1. The number of rotatable bonds is 8. The smallest absolute Gasteiger partial charge is 0.197 e. The van der Waals surface area contributed by atoms with E-state index in [0.29, 0.717) is 39.8 Å². The topological polar surface area (TPSA) is 86.4 Å². The van der Waals surface area contributed by atoms with Gasteiger partial charge in [0.05, 0.1) is 24.6 Å². The summed E-state index contributed by atoms with van der Waals surface area (Å²) in [6, 6.07) is 7.44. The number of likely N-dealkylation sites (tertiary alicyclic amines) is 1. The van der Waals surface area contributed by atoms with Gasteiger partial charge in [0.2, 0.25) is 0 Å². The Hall–Kier alpha value is -2.10. The molecule has 0 saturated carbocycles. The van der Waals surface area contributed by atoms with Crippen LogP contribution in [0.5, 0.6) is 5.75 Å². The predicted octanol–water partition coefficient (Wildman–Crippen LogP) is 3.68. The molecule has 35 heavy (non-hydrogen) atoms. The molecule has 2 aromatic heterocycles. The van der Waals surface area contributed by atoms with E-state index in [2.05, 4.69) is 19.9 Å².